The number of fused-ring (bicyclic) bond motifs is 1. The molecule has 0 spiro atoms. The fourth-order valence-corrected chi connectivity index (χ4v) is 2.14. The maximum absolute atomic E-state index is 11.9. The molecule has 1 N–H and O–H groups in total. The molecule has 2 aliphatic rings. The van der Waals surface area contributed by atoms with Crippen molar-refractivity contribution in [3.63, 3.8) is 0 Å². The Balaban J connectivity index is 2.38. The highest BCUT2D eigenvalue weighted by molar-refractivity contribution is 7.80. The van der Waals surface area contributed by atoms with Gasteiger partial charge in [0.2, 0.25) is 0 Å². The van der Waals surface area contributed by atoms with Crippen molar-refractivity contribution in [2.75, 3.05) is 21.1 Å². The van der Waals surface area contributed by atoms with Crippen molar-refractivity contribution in [3.8, 4) is 0 Å². The maximum Gasteiger partial charge on any atom is 0.327 e. The van der Waals surface area contributed by atoms with Crippen LogP contribution >= 0.6 is 12.2 Å². The lowest BCUT2D eigenvalue weighted by molar-refractivity contribution is -0.135. The monoisotopic (exact) mass is 228 g/mol. The first-order valence-corrected chi connectivity index (χ1v) is 4.93. The van der Waals surface area contributed by atoms with Crippen molar-refractivity contribution in [1.29, 1.82) is 0 Å². The van der Waals surface area contributed by atoms with Gasteiger partial charge in [-0.3, -0.25) is 9.69 Å². The molecular weight excluding hydrogens is 216 g/mol. The molecule has 2 atom stereocenters. The van der Waals surface area contributed by atoms with Crippen molar-refractivity contribution in [1.82, 2.24) is 20.0 Å². The summed E-state index contributed by atoms with van der Waals surface area (Å²) in [7, 11) is 4.87. The van der Waals surface area contributed by atoms with Crippen LogP contribution in [0.5, 0.6) is 0 Å². The van der Waals surface area contributed by atoms with E-state index in [2.05, 4.69) is 5.32 Å². The third-order valence-electron chi connectivity index (χ3n) is 2.90. The molecular formula is C8H12N4O2S. The van der Waals surface area contributed by atoms with Crippen LogP contribution in [-0.4, -0.2) is 65.1 Å². The Morgan fingerprint density at radius 1 is 1.20 bits per heavy atom. The second kappa shape index (κ2) is 3.06. The molecule has 6 nitrogen and oxygen atoms in total. The second-order valence-corrected chi connectivity index (χ2v) is 4.13. The average Bonchev–Trinajstić information content (AvgIpc) is 2.50. The van der Waals surface area contributed by atoms with Gasteiger partial charge in [-0.05, 0) is 12.2 Å². The Morgan fingerprint density at radius 3 is 2.40 bits per heavy atom. The van der Waals surface area contributed by atoms with Gasteiger partial charge in [-0.2, -0.15) is 0 Å². The van der Waals surface area contributed by atoms with E-state index in [-0.39, 0.29) is 18.1 Å². The number of amides is 3. The molecule has 0 aliphatic carbocycles. The molecule has 0 saturated carbocycles. The molecule has 2 heterocycles. The number of nitrogens with zero attached hydrogens (tertiary/aromatic N) is 3. The normalized spacial score (nSPS) is 30.9. The largest absolute Gasteiger partial charge is 0.340 e. The summed E-state index contributed by atoms with van der Waals surface area (Å²) in [6.07, 6.45) is -0.348. The summed E-state index contributed by atoms with van der Waals surface area (Å²) in [4.78, 5) is 27.8. The Bertz CT molecular complexity index is 359. The lowest BCUT2D eigenvalue weighted by Crippen LogP contribution is -2.64. The van der Waals surface area contributed by atoms with E-state index in [9.17, 15) is 9.59 Å². The number of thiocarbonyl (C=S) groups is 1. The van der Waals surface area contributed by atoms with Crippen LogP contribution in [0.1, 0.15) is 0 Å². The lowest BCUT2D eigenvalue weighted by Gasteiger charge is -2.38. The predicted molar refractivity (Wildman–Crippen MR) is 57.0 cm³/mol. The molecule has 0 aromatic rings. The quantitative estimate of drug-likeness (QED) is 0.540. The SMILES string of the molecule is CN1C(=O)[C@@H]2[C@H](NC(=S)N2C)N(C)C1=O. The van der Waals surface area contributed by atoms with E-state index in [0.717, 1.165) is 4.90 Å². The highest BCUT2D eigenvalue weighted by Gasteiger charge is 2.50. The number of imide groups is 1. The predicted octanol–water partition coefficient (Wildman–Crippen LogP) is -0.975. The number of nitrogens with one attached hydrogen (secondary N) is 1. The van der Waals surface area contributed by atoms with Crippen molar-refractivity contribution in [2.24, 2.45) is 0 Å². The van der Waals surface area contributed by atoms with Gasteiger partial charge in [0.1, 0.15) is 12.2 Å². The minimum Gasteiger partial charge on any atom is -0.340 e. The Morgan fingerprint density at radius 2 is 1.80 bits per heavy atom. The molecule has 82 valence electrons. The van der Waals surface area contributed by atoms with Gasteiger partial charge in [0.15, 0.2) is 5.11 Å². The van der Waals surface area contributed by atoms with Crippen LogP contribution in [0, 0.1) is 0 Å². The summed E-state index contributed by atoms with van der Waals surface area (Å²) in [5.41, 5.74) is 0. The van der Waals surface area contributed by atoms with Crippen molar-refractivity contribution >= 4 is 29.3 Å². The summed E-state index contributed by atoms with van der Waals surface area (Å²) in [6.45, 7) is 0. The first-order chi connectivity index (χ1) is 6.95. The fourth-order valence-electron chi connectivity index (χ4n) is 1.90. The van der Waals surface area contributed by atoms with Gasteiger partial charge in [0.05, 0.1) is 0 Å². The summed E-state index contributed by atoms with van der Waals surface area (Å²) in [5.74, 6) is -0.224. The molecule has 0 bridgehead atoms. The zero-order valence-corrected chi connectivity index (χ0v) is 9.54. The molecule has 15 heavy (non-hydrogen) atoms. The maximum atomic E-state index is 11.9. The second-order valence-electron chi connectivity index (χ2n) is 3.74. The van der Waals surface area contributed by atoms with Crippen molar-refractivity contribution in [2.45, 2.75) is 12.2 Å². The minimum absolute atomic E-state index is 0.224. The molecule has 0 unspecified atom stereocenters. The molecule has 0 aromatic heterocycles. The van der Waals surface area contributed by atoms with Gasteiger partial charge >= 0.3 is 6.03 Å². The third-order valence-corrected chi connectivity index (χ3v) is 3.30. The number of likely N-dealkylation sites (N-methyl/N-ethyl adjacent to an activating group) is 3. The number of urea groups is 1. The van der Waals surface area contributed by atoms with Crippen LogP contribution in [0.2, 0.25) is 0 Å². The summed E-state index contributed by atoms with van der Waals surface area (Å²) >= 11 is 5.05. The first kappa shape index (κ1) is 10.2. The van der Waals surface area contributed by atoms with E-state index in [0.29, 0.717) is 5.11 Å². The molecule has 3 amide bonds. The number of carbonyl (C=O) groups is 2. The van der Waals surface area contributed by atoms with E-state index >= 15 is 0 Å². The molecule has 7 heteroatoms. The van der Waals surface area contributed by atoms with Crippen LogP contribution in [0.15, 0.2) is 0 Å². The van der Waals surface area contributed by atoms with E-state index in [1.807, 2.05) is 0 Å². The van der Waals surface area contributed by atoms with E-state index in [1.54, 1.807) is 19.0 Å². The zero-order valence-electron chi connectivity index (χ0n) is 8.72. The summed E-state index contributed by atoms with van der Waals surface area (Å²) in [6, 6.07) is -0.725. The third kappa shape index (κ3) is 1.19. The van der Waals surface area contributed by atoms with Gasteiger partial charge in [-0.1, -0.05) is 0 Å². The number of carbonyl (C=O) groups excluding carboxylic acids is 2. The highest BCUT2D eigenvalue weighted by atomic mass is 32.1. The van der Waals surface area contributed by atoms with Crippen LogP contribution < -0.4 is 5.32 Å². The number of hydrogen-bond acceptors (Lipinski definition) is 3. The van der Waals surface area contributed by atoms with E-state index in [4.69, 9.17) is 12.2 Å². The van der Waals surface area contributed by atoms with Gasteiger partial charge < -0.3 is 15.1 Å². The summed E-state index contributed by atoms with van der Waals surface area (Å²) < 4.78 is 0. The minimum atomic E-state index is -0.412. The van der Waals surface area contributed by atoms with Gasteiger partial charge in [-0.25, -0.2) is 4.79 Å². The van der Waals surface area contributed by atoms with Gasteiger partial charge in [0.25, 0.3) is 5.91 Å². The Kier molecular flexibility index (Phi) is 2.07. The van der Waals surface area contributed by atoms with E-state index < -0.39 is 6.04 Å². The van der Waals surface area contributed by atoms with Crippen molar-refractivity contribution < 1.29 is 9.59 Å². The van der Waals surface area contributed by atoms with Crippen LogP contribution in [-0.2, 0) is 4.79 Å². The summed E-state index contributed by atoms with van der Waals surface area (Å²) in [5, 5.41) is 3.45. The molecule has 2 saturated heterocycles. The van der Waals surface area contributed by atoms with Crippen LogP contribution in [0.25, 0.3) is 0 Å². The van der Waals surface area contributed by atoms with Crippen molar-refractivity contribution in [3.05, 3.63) is 0 Å². The molecule has 2 aliphatic heterocycles. The number of rotatable bonds is 0. The van der Waals surface area contributed by atoms with Crippen LogP contribution in [0.3, 0.4) is 0 Å². The average molecular weight is 228 g/mol. The Labute approximate surface area is 92.8 Å². The fraction of sp³-hybridized carbons (Fsp3) is 0.625. The van der Waals surface area contributed by atoms with Gasteiger partial charge in [-0.15, -0.1) is 0 Å². The topological polar surface area (TPSA) is 55.9 Å². The van der Waals surface area contributed by atoms with Gasteiger partial charge in [0, 0.05) is 21.1 Å². The van der Waals surface area contributed by atoms with Crippen LogP contribution in [0.4, 0.5) is 4.79 Å². The molecule has 2 rings (SSSR count). The standard InChI is InChI=1S/C8H12N4O2S/c1-10-4-5(9-7(10)15)11(2)8(14)12(3)6(4)13/h4-5H,1-3H3,(H,9,15)/t4-,5+/m0/s1. The Hall–Kier alpha value is -1.37. The smallest absolute Gasteiger partial charge is 0.327 e. The molecule has 0 aromatic carbocycles. The first-order valence-electron chi connectivity index (χ1n) is 4.53. The highest BCUT2D eigenvalue weighted by Crippen LogP contribution is 2.22. The zero-order chi connectivity index (χ0) is 11.3. The molecule has 2 fully saturated rings. The molecule has 0 radical (unpaired) electrons. The number of hydrogen-bond donors (Lipinski definition) is 1. The lowest BCUT2D eigenvalue weighted by atomic mass is 10.1. The van der Waals surface area contributed by atoms with E-state index in [1.165, 1.54) is 11.9 Å².